The minimum absolute atomic E-state index is 0.112. The maximum atomic E-state index is 12.8. The first kappa shape index (κ1) is 14.2. The molecule has 2 heterocycles. The molecule has 3 aromatic rings. The van der Waals surface area contributed by atoms with E-state index in [1.807, 2.05) is 12.1 Å². The van der Waals surface area contributed by atoms with E-state index in [0.717, 1.165) is 5.39 Å². The van der Waals surface area contributed by atoms with E-state index in [-0.39, 0.29) is 21.3 Å². The van der Waals surface area contributed by atoms with Crippen LogP contribution in [0.25, 0.3) is 21.6 Å². The van der Waals surface area contributed by atoms with Gasteiger partial charge in [0.05, 0.1) is 11.1 Å². The van der Waals surface area contributed by atoms with Crippen molar-refractivity contribution < 1.29 is 13.5 Å². The van der Waals surface area contributed by atoms with Crippen LogP contribution < -0.4 is 0 Å². The van der Waals surface area contributed by atoms with Crippen LogP contribution in [-0.2, 0) is 9.84 Å². The lowest BCUT2D eigenvalue weighted by molar-refractivity contribution is 0.513. The van der Waals surface area contributed by atoms with Crippen LogP contribution in [0.4, 0.5) is 0 Å². The molecule has 1 N–H and O–H groups in total. The molecular formula is C17H10ClNO3S. The summed E-state index contributed by atoms with van der Waals surface area (Å²) in [5.41, 5.74) is 1.18. The largest absolute Gasteiger partial charge is 0.506 e. The van der Waals surface area contributed by atoms with E-state index >= 15 is 0 Å². The first-order chi connectivity index (χ1) is 11.0. The highest BCUT2D eigenvalue weighted by atomic mass is 35.5. The van der Waals surface area contributed by atoms with Crippen molar-refractivity contribution in [3.05, 3.63) is 70.7 Å². The average molecular weight is 344 g/mol. The van der Waals surface area contributed by atoms with E-state index in [9.17, 15) is 13.5 Å². The molecule has 23 heavy (non-hydrogen) atoms. The number of aromatic nitrogens is 1. The van der Waals surface area contributed by atoms with Crippen LogP contribution in [0.15, 0.2) is 59.6 Å². The van der Waals surface area contributed by atoms with Crippen LogP contribution in [-0.4, -0.2) is 18.5 Å². The number of halogens is 1. The number of hydrogen-bond acceptors (Lipinski definition) is 4. The van der Waals surface area contributed by atoms with Crippen LogP contribution in [0.1, 0.15) is 11.1 Å². The zero-order valence-corrected chi connectivity index (χ0v) is 13.3. The van der Waals surface area contributed by atoms with Gasteiger partial charge in [-0.05, 0) is 29.8 Å². The van der Waals surface area contributed by atoms with Gasteiger partial charge in [-0.3, -0.25) is 0 Å². The summed E-state index contributed by atoms with van der Waals surface area (Å²) in [6.45, 7) is 0. The molecule has 0 fully saturated rings. The molecule has 0 unspecified atom stereocenters. The summed E-state index contributed by atoms with van der Waals surface area (Å²) in [5, 5.41) is 11.6. The fourth-order valence-electron chi connectivity index (χ4n) is 2.71. The van der Waals surface area contributed by atoms with E-state index in [1.54, 1.807) is 42.5 Å². The zero-order valence-electron chi connectivity index (χ0n) is 11.7. The predicted octanol–water partition coefficient (Wildman–Crippen LogP) is 4.06. The summed E-state index contributed by atoms with van der Waals surface area (Å²) in [7, 11) is -3.88. The number of sulfone groups is 1. The summed E-state index contributed by atoms with van der Waals surface area (Å²) in [6, 6.07) is 15.1. The van der Waals surface area contributed by atoms with Gasteiger partial charge in [0.2, 0.25) is 9.84 Å². The molecule has 0 atom stereocenters. The number of benzene rings is 2. The minimum Gasteiger partial charge on any atom is -0.506 e. The number of hydrogen-bond donors (Lipinski definition) is 1. The third-order valence-electron chi connectivity index (χ3n) is 3.79. The van der Waals surface area contributed by atoms with Gasteiger partial charge in [-0.15, -0.1) is 0 Å². The lowest BCUT2D eigenvalue weighted by Crippen LogP contribution is -2.03. The molecule has 114 valence electrons. The molecule has 0 spiro atoms. The Morgan fingerprint density at radius 1 is 1.00 bits per heavy atom. The highest BCUT2D eigenvalue weighted by molar-refractivity contribution is 8.01. The smallest absolute Gasteiger partial charge is 0.228 e. The van der Waals surface area contributed by atoms with Gasteiger partial charge in [-0.25, -0.2) is 13.4 Å². The molecule has 6 heteroatoms. The first-order valence-corrected chi connectivity index (χ1v) is 8.69. The van der Waals surface area contributed by atoms with Gasteiger partial charge >= 0.3 is 0 Å². The van der Waals surface area contributed by atoms with Crippen molar-refractivity contribution in [3.8, 4) is 0 Å². The number of rotatable bonds is 1. The number of nitrogens with zero attached hydrogens (tertiary/aromatic N) is 1. The highest BCUT2D eigenvalue weighted by Gasteiger charge is 2.38. The normalized spacial score (nSPS) is 15.9. The molecule has 0 aliphatic carbocycles. The summed E-state index contributed by atoms with van der Waals surface area (Å²) in [5.74, 6) is -0.277. The highest BCUT2D eigenvalue weighted by Crippen LogP contribution is 2.43. The molecule has 1 aliphatic rings. The summed E-state index contributed by atoms with van der Waals surface area (Å²) >= 11 is 5.85. The Kier molecular flexibility index (Phi) is 2.98. The number of aliphatic hydroxyl groups is 1. The molecule has 0 amide bonds. The second-order valence-corrected chi connectivity index (χ2v) is 7.46. The predicted molar refractivity (Wildman–Crippen MR) is 89.8 cm³/mol. The maximum Gasteiger partial charge on any atom is 0.228 e. The summed E-state index contributed by atoms with van der Waals surface area (Å²) in [6.07, 6.45) is 0. The zero-order chi connectivity index (χ0) is 16.2. The summed E-state index contributed by atoms with van der Waals surface area (Å²) < 4.78 is 25.6. The minimum atomic E-state index is -3.88. The van der Waals surface area contributed by atoms with E-state index in [0.29, 0.717) is 16.1 Å². The number of fused-ring (bicyclic) bond motifs is 2. The quantitative estimate of drug-likeness (QED) is 0.723. The van der Waals surface area contributed by atoms with E-state index in [4.69, 9.17) is 11.6 Å². The molecular weight excluding hydrogens is 334 g/mol. The standard InChI is InChI=1S/C17H10ClNO3S/c18-12-7-5-10(6-8-12)16-15(20)13-9-11-3-1-2-4-14(11)19-17(13)23(16,21)22/h1-9,20H. The summed E-state index contributed by atoms with van der Waals surface area (Å²) in [4.78, 5) is 4.10. The second kappa shape index (κ2) is 4.81. The van der Waals surface area contributed by atoms with Gasteiger partial charge in [-0.2, -0.15) is 0 Å². The van der Waals surface area contributed by atoms with Crippen LogP contribution >= 0.6 is 11.6 Å². The fraction of sp³-hybridized carbons (Fsp3) is 0. The van der Waals surface area contributed by atoms with Crippen LogP contribution in [0.3, 0.4) is 0 Å². The van der Waals surface area contributed by atoms with E-state index in [2.05, 4.69) is 4.98 Å². The van der Waals surface area contributed by atoms with Gasteiger partial charge in [0.15, 0.2) is 5.03 Å². The molecule has 0 radical (unpaired) electrons. The number of para-hydroxylation sites is 1. The molecule has 4 rings (SSSR count). The lowest BCUT2D eigenvalue weighted by Gasteiger charge is -2.04. The second-order valence-electron chi connectivity index (χ2n) is 5.22. The SMILES string of the molecule is O=S1(=O)C(c2ccc(Cl)cc2)=C(O)c2cc3ccccc3nc21. The average Bonchev–Trinajstić information content (AvgIpc) is 2.73. The number of aliphatic hydroxyl groups excluding tert-OH is 1. The first-order valence-electron chi connectivity index (χ1n) is 6.83. The number of pyridine rings is 1. The van der Waals surface area contributed by atoms with Gasteiger partial charge in [0.1, 0.15) is 10.7 Å². The van der Waals surface area contributed by atoms with Crippen LogP contribution in [0, 0.1) is 0 Å². The van der Waals surface area contributed by atoms with Crippen LogP contribution in [0.5, 0.6) is 0 Å². The monoisotopic (exact) mass is 343 g/mol. The Hall–Kier alpha value is -2.37. The Morgan fingerprint density at radius 2 is 1.70 bits per heavy atom. The van der Waals surface area contributed by atoms with Crippen molar-refractivity contribution in [2.45, 2.75) is 5.03 Å². The van der Waals surface area contributed by atoms with Crippen molar-refractivity contribution in [2.24, 2.45) is 0 Å². The molecule has 0 saturated carbocycles. The van der Waals surface area contributed by atoms with Crippen LogP contribution in [0.2, 0.25) is 5.02 Å². The molecule has 1 aliphatic heterocycles. The third-order valence-corrected chi connectivity index (χ3v) is 5.83. The van der Waals surface area contributed by atoms with Crippen molar-refractivity contribution in [1.82, 2.24) is 4.98 Å². The Balaban J connectivity index is 2.03. The van der Waals surface area contributed by atoms with Gasteiger partial charge < -0.3 is 5.11 Å². The Bertz CT molecular complexity index is 1090. The molecule has 1 aromatic heterocycles. The van der Waals surface area contributed by atoms with Gasteiger partial charge in [-0.1, -0.05) is 41.9 Å². The maximum absolute atomic E-state index is 12.8. The van der Waals surface area contributed by atoms with Crippen molar-refractivity contribution in [1.29, 1.82) is 0 Å². The van der Waals surface area contributed by atoms with Gasteiger partial charge in [0.25, 0.3) is 0 Å². The van der Waals surface area contributed by atoms with Gasteiger partial charge in [0, 0.05) is 10.4 Å². The van der Waals surface area contributed by atoms with E-state index < -0.39 is 9.84 Å². The fourth-order valence-corrected chi connectivity index (χ4v) is 4.51. The topological polar surface area (TPSA) is 67.3 Å². The van der Waals surface area contributed by atoms with Crippen molar-refractivity contribution in [3.63, 3.8) is 0 Å². The molecule has 0 bridgehead atoms. The molecule has 0 saturated heterocycles. The van der Waals surface area contributed by atoms with Crippen molar-refractivity contribution in [2.75, 3.05) is 0 Å². The third kappa shape index (κ3) is 2.04. The lowest BCUT2D eigenvalue weighted by atomic mass is 10.1. The molecule has 2 aromatic carbocycles. The Morgan fingerprint density at radius 3 is 2.43 bits per heavy atom. The molecule has 4 nitrogen and oxygen atoms in total. The Labute approximate surface area is 137 Å². The van der Waals surface area contributed by atoms with Crippen molar-refractivity contribution >= 4 is 43.0 Å². The van der Waals surface area contributed by atoms with E-state index in [1.165, 1.54) is 0 Å².